The normalized spacial score (nSPS) is 14.6. The average molecular weight is 499 g/mol. The molecule has 0 aromatic heterocycles. The number of nitrogens with one attached hydrogen (secondary N) is 1. The Morgan fingerprint density at radius 3 is 2.11 bits per heavy atom. The fraction of sp³-hybridized carbons (Fsp3) is 0.233. The summed E-state index contributed by atoms with van der Waals surface area (Å²) in [5.74, 6) is -0.114. The van der Waals surface area contributed by atoms with Crippen molar-refractivity contribution in [1.82, 2.24) is 5.32 Å². The van der Waals surface area contributed by atoms with Crippen molar-refractivity contribution in [3.8, 4) is 11.5 Å². The average Bonchev–Trinajstić information content (AvgIpc) is 2.86. The highest BCUT2D eigenvalue weighted by molar-refractivity contribution is 6.39. The number of hydrogen-bond acceptors (Lipinski definition) is 5. The molecule has 0 spiro atoms. The topological polar surface area (TPSA) is 84.9 Å². The number of imide groups is 2. The molecule has 0 atom stereocenters. The van der Waals surface area contributed by atoms with Crippen LogP contribution in [-0.2, 0) is 16.2 Å². The lowest BCUT2D eigenvalue weighted by molar-refractivity contribution is -0.122. The first-order chi connectivity index (χ1) is 17.8. The lowest BCUT2D eigenvalue weighted by atomic mass is 10.1. The molecular weight excluding hydrogens is 468 g/mol. The van der Waals surface area contributed by atoms with Crippen molar-refractivity contribution < 1.29 is 23.9 Å². The Kier molecular flexibility index (Phi) is 8.03. The molecular formula is C30H30N2O5. The van der Waals surface area contributed by atoms with E-state index in [0.717, 1.165) is 23.3 Å². The Labute approximate surface area is 216 Å². The summed E-state index contributed by atoms with van der Waals surface area (Å²) in [5, 5.41) is 2.25. The number of carbonyl (C=O) groups excluding carboxylic acids is 3. The van der Waals surface area contributed by atoms with Gasteiger partial charge in [0, 0.05) is 0 Å². The first-order valence-electron chi connectivity index (χ1n) is 12.3. The Bertz CT molecular complexity index is 1310. The van der Waals surface area contributed by atoms with E-state index in [4.69, 9.17) is 9.47 Å². The van der Waals surface area contributed by atoms with E-state index in [1.807, 2.05) is 13.8 Å². The molecule has 0 bridgehead atoms. The van der Waals surface area contributed by atoms with Crippen molar-refractivity contribution in [2.24, 2.45) is 0 Å². The quantitative estimate of drug-likeness (QED) is 0.231. The van der Waals surface area contributed by atoms with Gasteiger partial charge in [-0.05, 0) is 73.9 Å². The van der Waals surface area contributed by atoms with Crippen molar-refractivity contribution in [1.29, 1.82) is 0 Å². The van der Waals surface area contributed by atoms with Gasteiger partial charge in [-0.15, -0.1) is 0 Å². The minimum Gasteiger partial charge on any atom is -0.494 e. The number of hydrogen-bond donors (Lipinski definition) is 1. The molecule has 37 heavy (non-hydrogen) atoms. The molecule has 3 aromatic carbocycles. The first kappa shape index (κ1) is 25.7. The summed E-state index contributed by atoms with van der Waals surface area (Å²) < 4.78 is 11.5. The molecule has 0 aliphatic carbocycles. The number of ether oxygens (including phenoxy) is 2. The van der Waals surface area contributed by atoms with E-state index in [-0.39, 0.29) is 5.57 Å². The van der Waals surface area contributed by atoms with E-state index in [9.17, 15) is 14.4 Å². The lowest BCUT2D eigenvalue weighted by Crippen LogP contribution is -2.54. The Hall–Kier alpha value is -4.39. The molecule has 4 amide bonds. The fourth-order valence-electron chi connectivity index (χ4n) is 4.06. The van der Waals surface area contributed by atoms with Crippen LogP contribution in [0.3, 0.4) is 0 Å². The van der Waals surface area contributed by atoms with Crippen LogP contribution in [0.4, 0.5) is 10.5 Å². The van der Waals surface area contributed by atoms with Crippen molar-refractivity contribution in [2.75, 3.05) is 11.5 Å². The van der Waals surface area contributed by atoms with Crippen molar-refractivity contribution in [2.45, 2.75) is 40.2 Å². The molecule has 1 fully saturated rings. The van der Waals surface area contributed by atoms with Gasteiger partial charge in [0.25, 0.3) is 11.8 Å². The Morgan fingerprint density at radius 2 is 1.46 bits per heavy atom. The van der Waals surface area contributed by atoms with Crippen LogP contribution in [0, 0.1) is 13.8 Å². The van der Waals surface area contributed by atoms with Gasteiger partial charge in [0.2, 0.25) is 0 Å². The highest BCUT2D eigenvalue weighted by Gasteiger charge is 2.36. The van der Waals surface area contributed by atoms with Gasteiger partial charge in [-0.2, -0.15) is 0 Å². The molecule has 0 radical (unpaired) electrons. The van der Waals surface area contributed by atoms with Gasteiger partial charge in [-0.25, -0.2) is 9.69 Å². The third-order valence-electron chi connectivity index (χ3n) is 5.84. The van der Waals surface area contributed by atoms with Crippen LogP contribution < -0.4 is 19.7 Å². The monoisotopic (exact) mass is 498 g/mol. The van der Waals surface area contributed by atoms with Crippen LogP contribution in [0.25, 0.3) is 6.08 Å². The van der Waals surface area contributed by atoms with Crippen LogP contribution >= 0.6 is 0 Å². The van der Waals surface area contributed by atoms with Crippen LogP contribution in [-0.4, -0.2) is 24.5 Å². The second kappa shape index (κ2) is 11.6. The standard InChI is InChI=1S/C30H30N2O5/c1-4-5-14-36-25-12-8-24(9-13-25)32-29(34)27(28(33)31-30(32)35)18-22-6-10-26(11-7-22)37-19-23-16-20(2)15-21(3)17-23/h6-13,15-18H,4-5,14,19H2,1-3H3,(H,31,33,35)/b27-18-. The summed E-state index contributed by atoms with van der Waals surface area (Å²) in [6.45, 7) is 7.21. The second-order valence-electron chi connectivity index (χ2n) is 9.01. The van der Waals surface area contributed by atoms with Crippen molar-refractivity contribution >= 4 is 29.6 Å². The van der Waals surface area contributed by atoms with Crippen LogP contribution in [0.15, 0.2) is 72.3 Å². The molecule has 1 saturated heterocycles. The number of aryl methyl sites for hydroxylation is 2. The van der Waals surface area contributed by atoms with Gasteiger partial charge >= 0.3 is 6.03 Å². The largest absolute Gasteiger partial charge is 0.494 e. The summed E-state index contributed by atoms with van der Waals surface area (Å²) in [6.07, 6.45) is 3.42. The molecule has 0 saturated carbocycles. The molecule has 1 heterocycles. The van der Waals surface area contributed by atoms with Crippen LogP contribution in [0.5, 0.6) is 11.5 Å². The molecule has 0 unspecified atom stereocenters. The zero-order chi connectivity index (χ0) is 26.4. The van der Waals surface area contributed by atoms with Crippen molar-refractivity contribution in [3.63, 3.8) is 0 Å². The van der Waals surface area contributed by atoms with Gasteiger partial charge < -0.3 is 9.47 Å². The summed E-state index contributed by atoms with van der Waals surface area (Å²) >= 11 is 0. The Balaban J connectivity index is 1.46. The number of benzene rings is 3. The SMILES string of the molecule is CCCCOc1ccc(N2C(=O)NC(=O)/C(=C/c3ccc(OCc4cc(C)cc(C)c4)cc3)C2=O)cc1. The van der Waals surface area contributed by atoms with E-state index < -0.39 is 17.8 Å². The van der Waals surface area contributed by atoms with E-state index in [1.165, 1.54) is 17.2 Å². The summed E-state index contributed by atoms with van der Waals surface area (Å²) in [7, 11) is 0. The maximum Gasteiger partial charge on any atom is 0.335 e. The maximum atomic E-state index is 13.1. The van der Waals surface area contributed by atoms with Gasteiger partial charge in [-0.1, -0.05) is 54.8 Å². The van der Waals surface area contributed by atoms with Crippen LogP contribution in [0.2, 0.25) is 0 Å². The molecule has 4 rings (SSSR count). The third-order valence-corrected chi connectivity index (χ3v) is 5.84. The highest BCUT2D eigenvalue weighted by atomic mass is 16.5. The number of rotatable bonds is 9. The number of carbonyl (C=O) groups is 3. The predicted octanol–water partition coefficient (Wildman–Crippen LogP) is 5.73. The van der Waals surface area contributed by atoms with E-state index in [0.29, 0.717) is 36.0 Å². The number of urea groups is 1. The summed E-state index contributed by atoms with van der Waals surface area (Å²) in [5.41, 5.74) is 4.29. The van der Waals surface area contributed by atoms with Crippen molar-refractivity contribution in [3.05, 3.63) is 94.6 Å². The van der Waals surface area contributed by atoms with E-state index >= 15 is 0 Å². The number of amides is 4. The first-order valence-corrected chi connectivity index (χ1v) is 12.3. The van der Waals surface area contributed by atoms with Crippen LogP contribution in [0.1, 0.15) is 42.0 Å². The Morgan fingerprint density at radius 1 is 0.838 bits per heavy atom. The second-order valence-corrected chi connectivity index (χ2v) is 9.01. The fourth-order valence-corrected chi connectivity index (χ4v) is 4.06. The van der Waals surface area contributed by atoms with E-state index in [2.05, 4.69) is 30.4 Å². The predicted molar refractivity (Wildman–Crippen MR) is 143 cm³/mol. The molecule has 190 valence electrons. The number of nitrogens with zero attached hydrogens (tertiary/aromatic N) is 1. The molecule has 7 heteroatoms. The molecule has 1 aliphatic heterocycles. The van der Waals surface area contributed by atoms with Gasteiger partial charge in [0.1, 0.15) is 23.7 Å². The minimum absolute atomic E-state index is 0.133. The van der Waals surface area contributed by atoms with Gasteiger partial charge in [0.05, 0.1) is 12.3 Å². The summed E-state index contributed by atoms with van der Waals surface area (Å²) in [6, 6.07) is 19.2. The zero-order valence-electron chi connectivity index (χ0n) is 21.2. The molecule has 3 aromatic rings. The molecule has 1 aliphatic rings. The summed E-state index contributed by atoms with van der Waals surface area (Å²) in [4.78, 5) is 39.1. The highest BCUT2D eigenvalue weighted by Crippen LogP contribution is 2.25. The zero-order valence-corrected chi connectivity index (χ0v) is 21.2. The molecule has 7 nitrogen and oxygen atoms in total. The smallest absolute Gasteiger partial charge is 0.335 e. The third kappa shape index (κ3) is 6.44. The lowest BCUT2D eigenvalue weighted by Gasteiger charge is -2.26. The number of unbranched alkanes of at least 4 members (excludes halogenated alkanes) is 1. The number of anilines is 1. The molecule has 1 N–H and O–H groups in total. The maximum absolute atomic E-state index is 13.1. The minimum atomic E-state index is -0.790. The number of barbiturate groups is 1. The van der Waals surface area contributed by atoms with Gasteiger partial charge in [0.15, 0.2) is 0 Å². The van der Waals surface area contributed by atoms with E-state index in [1.54, 1.807) is 48.5 Å². The van der Waals surface area contributed by atoms with Gasteiger partial charge in [-0.3, -0.25) is 14.9 Å².